The molecule has 0 radical (unpaired) electrons. The molecule has 3 aliphatic heterocycles. The van der Waals surface area contributed by atoms with Crippen LogP contribution in [-0.2, 0) is 19.1 Å². The van der Waals surface area contributed by atoms with E-state index in [2.05, 4.69) is 5.48 Å². The van der Waals surface area contributed by atoms with Gasteiger partial charge in [-0.3, -0.25) is 20.3 Å². The van der Waals surface area contributed by atoms with Crippen LogP contribution < -0.4 is 29.2 Å². The lowest BCUT2D eigenvalue weighted by Gasteiger charge is -2.40. The number of aliphatic carboxylic acids is 1. The van der Waals surface area contributed by atoms with Gasteiger partial charge in [-0.05, 0) is 35.4 Å². The maximum Gasteiger partial charge on any atom is 0.317 e. The van der Waals surface area contributed by atoms with Crippen molar-refractivity contribution in [1.29, 1.82) is 0 Å². The molecule has 0 spiro atoms. The van der Waals surface area contributed by atoms with E-state index in [9.17, 15) is 30.1 Å². The Kier molecular flexibility index (Phi) is 8.98. The predicted octanol–water partition coefficient (Wildman–Crippen LogP) is 1.99. The predicted molar refractivity (Wildman–Crippen MR) is 159 cm³/mol. The number of aliphatic hydroxyl groups excluding tert-OH is 3. The van der Waals surface area contributed by atoms with E-state index in [1.807, 2.05) is 6.07 Å². The van der Waals surface area contributed by atoms with E-state index in [0.717, 1.165) is 5.56 Å². The Labute approximate surface area is 267 Å². The van der Waals surface area contributed by atoms with E-state index >= 15 is 0 Å². The molecule has 3 aromatic rings. The average Bonchev–Trinajstić information content (AvgIpc) is 3.45. The van der Waals surface area contributed by atoms with Crippen molar-refractivity contribution in [1.82, 2.24) is 0 Å². The highest BCUT2D eigenvalue weighted by Gasteiger charge is 2.47. The number of ether oxygens (including phenoxy) is 7. The molecular weight excluding hydrogens is 622 g/mol. The molecule has 15 nitrogen and oxygen atoms in total. The summed E-state index contributed by atoms with van der Waals surface area (Å²) in [5.41, 5.74) is 5.45. The zero-order valence-corrected chi connectivity index (χ0v) is 25.2. The van der Waals surface area contributed by atoms with Gasteiger partial charge in [0.15, 0.2) is 11.5 Å². The van der Waals surface area contributed by atoms with Crippen molar-refractivity contribution < 1.29 is 68.4 Å². The van der Waals surface area contributed by atoms with E-state index in [1.54, 1.807) is 42.5 Å². The topological polar surface area (TPSA) is 212 Å². The number of hydrogen-bond donors (Lipinski definition) is 6. The number of benzene rings is 3. The smallest absolute Gasteiger partial charge is 0.317 e. The molecule has 6 N–H and O–H groups in total. The Bertz CT molecular complexity index is 1650. The molecule has 15 heteroatoms. The molecule has 0 bridgehead atoms. The SMILES string of the molecule is COc1ccc2c(c1OC)O[C@@H]1c3c(cc(O[C@H]4O[C@H](COC(=O)CC(=O)O)[C@@H](O)[C@H](O)[C@H]4O)cc3-c3ccc(NO)cc3)OC[C@@H]21. The lowest BCUT2D eigenvalue weighted by Crippen LogP contribution is -2.60. The second-order valence-electron chi connectivity index (χ2n) is 11.1. The summed E-state index contributed by atoms with van der Waals surface area (Å²) >= 11 is 0. The fourth-order valence-corrected chi connectivity index (χ4v) is 6.00. The molecule has 1 saturated heterocycles. The minimum absolute atomic E-state index is 0.158. The van der Waals surface area contributed by atoms with E-state index in [4.69, 9.17) is 38.3 Å². The van der Waals surface area contributed by atoms with Gasteiger partial charge in [0.2, 0.25) is 12.0 Å². The zero-order valence-electron chi connectivity index (χ0n) is 25.2. The van der Waals surface area contributed by atoms with E-state index in [1.165, 1.54) is 14.2 Å². The summed E-state index contributed by atoms with van der Waals surface area (Å²) in [6.07, 6.45) is -9.43. The van der Waals surface area contributed by atoms with Gasteiger partial charge in [0, 0.05) is 17.2 Å². The van der Waals surface area contributed by atoms with Crippen molar-refractivity contribution in [2.75, 3.05) is 32.9 Å². The van der Waals surface area contributed by atoms with Crippen LogP contribution in [0.1, 0.15) is 29.6 Å². The number of carbonyl (C=O) groups is 2. The van der Waals surface area contributed by atoms with Gasteiger partial charge in [0.1, 0.15) is 55.0 Å². The number of rotatable bonds is 10. The Balaban J connectivity index is 1.34. The third-order valence-corrected chi connectivity index (χ3v) is 8.31. The van der Waals surface area contributed by atoms with Crippen molar-refractivity contribution in [3.05, 3.63) is 59.7 Å². The molecule has 6 rings (SSSR count). The normalized spacial score (nSPS) is 25.6. The van der Waals surface area contributed by atoms with Crippen LogP contribution >= 0.6 is 0 Å². The second kappa shape index (κ2) is 13.1. The first-order chi connectivity index (χ1) is 22.6. The van der Waals surface area contributed by atoms with Crippen molar-refractivity contribution in [3.63, 3.8) is 0 Å². The number of hydrogen-bond acceptors (Lipinski definition) is 14. The van der Waals surface area contributed by atoms with Crippen molar-refractivity contribution >= 4 is 17.6 Å². The van der Waals surface area contributed by atoms with Gasteiger partial charge in [-0.15, -0.1) is 0 Å². The Morgan fingerprint density at radius 1 is 0.979 bits per heavy atom. The van der Waals surface area contributed by atoms with E-state index in [0.29, 0.717) is 45.4 Å². The van der Waals surface area contributed by atoms with Gasteiger partial charge < -0.3 is 53.6 Å². The molecule has 7 atom stereocenters. The van der Waals surface area contributed by atoms with Crippen LogP contribution in [0.25, 0.3) is 11.1 Å². The molecule has 0 aromatic heterocycles. The highest BCUT2D eigenvalue weighted by atomic mass is 16.7. The van der Waals surface area contributed by atoms with Crippen LogP contribution in [0, 0.1) is 0 Å². The molecule has 0 amide bonds. The maximum absolute atomic E-state index is 11.8. The summed E-state index contributed by atoms with van der Waals surface area (Å²) in [5, 5.41) is 49.9. The van der Waals surface area contributed by atoms with E-state index in [-0.39, 0.29) is 18.3 Å². The standard InChI is InChI=1S/C32H33NO14/c1-41-20-8-7-17-19-12-43-21-10-16(45-32-28(39)27(38)26(37)22(46-32)13-44-24(36)11-23(34)35)9-18(14-3-5-15(33-40)6-4-14)25(21)29(19)47-30(17)31(20)42-2/h3-10,19,22,26-29,32-33,37-40H,11-13H2,1-2H3,(H,34,35)/t19-,22+,26+,27-,28+,29-,32-/m0/s1. The van der Waals surface area contributed by atoms with Gasteiger partial charge in [0.25, 0.3) is 0 Å². The summed E-state index contributed by atoms with van der Waals surface area (Å²) in [7, 11) is 3.07. The van der Waals surface area contributed by atoms with Crippen LogP contribution in [0.4, 0.5) is 5.69 Å². The molecule has 0 unspecified atom stereocenters. The second-order valence-corrected chi connectivity index (χ2v) is 11.1. The zero-order chi connectivity index (χ0) is 33.4. The quantitative estimate of drug-likeness (QED) is 0.105. The highest BCUT2D eigenvalue weighted by Crippen LogP contribution is 2.58. The molecule has 250 valence electrons. The van der Waals surface area contributed by atoms with Crippen LogP contribution in [0.5, 0.6) is 28.7 Å². The number of aliphatic hydroxyl groups is 3. The van der Waals surface area contributed by atoms with Gasteiger partial charge in [0.05, 0.1) is 32.4 Å². The summed E-state index contributed by atoms with van der Waals surface area (Å²) < 4.78 is 40.5. The molecule has 0 aliphatic carbocycles. The minimum atomic E-state index is -1.75. The lowest BCUT2D eigenvalue weighted by atomic mass is 9.85. The summed E-state index contributed by atoms with van der Waals surface area (Å²) in [5.74, 6) is -0.616. The maximum atomic E-state index is 11.8. The largest absolute Gasteiger partial charge is 0.493 e. The molecule has 0 saturated carbocycles. The average molecular weight is 656 g/mol. The number of nitrogens with one attached hydrogen (secondary N) is 1. The fraction of sp³-hybridized carbons (Fsp3) is 0.375. The lowest BCUT2D eigenvalue weighted by molar-refractivity contribution is -0.278. The first kappa shape index (κ1) is 32.2. The Hall–Kier alpha value is -4.80. The molecule has 3 aliphatic rings. The highest BCUT2D eigenvalue weighted by molar-refractivity contribution is 5.90. The Morgan fingerprint density at radius 2 is 1.74 bits per heavy atom. The monoisotopic (exact) mass is 655 g/mol. The molecule has 3 heterocycles. The van der Waals surface area contributed by atoms with Gasteiger partial charge >= 0.3 is 11.9 Å². The van der Waals surface area contributed by atoms with Gasteiger partial charge in [-0.25, -0.2) is 0 Å². The summed E-state index contributed by atoms with van der Waals surface area (Å²) in [6, 6.07) is 13.8. The first-order valence-corrected chi connectivity index (χ1v) is 14.6. The first-order valence-electron chi connectivity index (χ1n) is 14.6. The number of fused-ring (bicyclic) bond motifs is 5. The number of carboxylic acid groups (broad SMARTS) is 1. The van der Waals surface area contributed by atoms with Crippen LogP contribution in [0.3, 0.4) is 0 Å². The van der Waals surface area contributed by atoms with Gasteiger partial charge in [-0.1, -0.05) is 18.2 Å². The molecular formula is C32H33NO14. The Morgan fingerprint density at radius 3 is 2.43 bits per heavy atom. The number of carbonyl (C=O) groups excluding carboxylic acids is 1. The van der Waals surface area contributed by atoms with Crippen LogP contribution in [0.2, 0.25) is 0 Å². The van der Waals surface area contributed by atoms with Crippen molar-refractivity contribution in [2.24, 2.45) is 0 Å². The minimum Gasteiger partial charge on any atom is -0.493 e. The third kappa shape index (κ3) is 6.06. The molecule has 3 aromatic carbocycles. The molecule has 1 fully saturated rings. The van der Waals surface area contributed by atoms with Crippen LogP contribution in [-0.4, -0.2) is 95.7 Å². The van der Waals surface area contributed by atoms with Crippen LogP contribution in [0.15, 0.2) is 48.5 Å². The summed E-state index contributed by atoms with van der Waals surface area (Å²) in [4.78, 5) is 22.5. The number of methoxy groups -OCH3 is 2. The fourth-order valence-electron chi connectivity index (χ4n) is 6.00. The number of anilines is 1. The third-order valence-electron chi connectivity index (χ3n) is 8.31. The van der Waals surface area contributed by atoms with Gasteiger partial charge in [-0.2, -0.15) is 0 Å². The molecule has 47 heavy (non-hydrogen) atoms. The number of carboxylic acids is 1. The number of esters is 1. The van der Waals surface area contributed by atoms with E-state index < -0.39 is 61.8 Å². The van der Waals surface area contributed by atoms with Crippen molar-refractivity contribution in [2.45, 2.75) is 49.1 Å². The van der Waals surface area contributed by atoms with Crippen molar-refractivity contribution in [3.8, 4) is 39.9 Å². The summed E-state index contributed by atoms with van der Waals surface area (Å²) in [6.45, 7) is -0.358.